The standard InChI is InChI=1S/C16H15BrFNO2/c1-10-7-12(4-5-13(10)17)19-16(20)9-11-3-6-15(21-2)14(18)8-11/h3-8H,9H2,1-2H3,(H,19,20). The van der Waals surface area contributed by atoms with E-state index in [9.17, 15) is 9.18 Å². The van der Waals surface area contributed by atoms with Gasteiger partial charge in [-0.3, -0.25) is 4.79 Å². The zero-order valence-corrected chi connectivity index (χ0v) is 13.3. The summed E-state index contributed by atoms with van der Waals surface area (Å²) in [6.45, 7) is 1.94. The minimum atomic E-state index is -0.470. The van der Waals surface area contributed by atoms with Crippen LogP contribution in [-0.4, -0.2) is 13.0 Å². The van der Waals surface area contributed by atoms with Gasteiger partial charge in [-0.25, -0.2) is 4.39 Å². The molecule has 2 rings (SSSR count). The van der Waals surface area contributed by atoms with Crippen LogP contribution in [0.3, 0.4) is 0 Å². The zero-order valence-electron chi connectivity index (χ0n) is 11.7. The molecule has 0 aliphatic rings. The first-order valence-electron chi connectivity index (χ1n) is 6.38. The molecule has 0 unspecified atom stereocenters. The van der Waals surface area contributed by atoms with Crippen LogP contribution in [0.25, 0.3) is 0 Å². The second kappa shape index (κ2) is 6.72. The van der Waals surface area contributed by atoms with Crippen LogP contribution in [0.5, 0.6) is 5.75 Å². The zero-order chi connectivity index (χ0) is 15.4. The largest absolute Gasteiger partial charge is 0.494 e. The van der Waals surface area contributed by atoms with Crippen LogP contribution >= 0.6 is 15.9 Å². The lowest BCUT2D eigenvalue weighted by molar-refractivity contribution is -0.115. The highest BCUT2D eigenvalue weighted by atomic mass is 79.9. The number of anilines is 1. The Morgan fingerprint density at radius 1 is 1.29 bits per heavy atom. The number of aryl methyl sites for hydroxylation is 1. The van der Waals surface area contributed by atoms with E-state index in [1.54, 1.807) is 6.07 Å². The third-order valence-corrected chi connectivity index (χ3v) is 3.91. The minimum absolute atomic E-state index is 0.107. The molecule has 0 atom stereocenters. The number of carbonyl (C=O) groups is 1. The fourth-order valence-electron chi connectivity index (χ4n) is 1.93. The average Bonchev–Trinajstić information content (AvgIpc) is 2.43. The summed E-state index contributed by atoms with van der Waals surface area (Å²) >= 11 is 3.40. The first-order chi connectivity index (χ1) is 9.99. The summed E-state index contributed by atoms with van der Waals surface area (Å²) in [5.74, 6) is -0.494. The van der Waals surface area contributed by atoms with E-state index in [4.69, 9.17) is 4.74 Å². The number of benzene rings is 2. The van der Waals surface area contributed by atoms with Crippen molar-refractivity contribution in [3.8, 4) is 5.75 Å². The number of nitrogens with one attached hydrogen (secondary N) is 1. The summed E-state index contributed by atoms with van der Waals surface area (Å²) in [6, 6.07) is 10.1. The number of carbonyl (C=O) groups excluding carboxylic acids is 1. The highest BCUT2D eigenvalue weighted by Crippen LogP contribution is 2.21. The van der Waals surface area contributed by atoms with Crippen LogP contribution in [0, 0.1) is 12.7 Å². The van der Waals surface area contributed by atoms with Crippen molar-refractivity contribution in [2.75, 3.05) is 12.4 Å². The van der Waals surface area contributed by atoms with Gasteiger partial charge in [0.25, 0.3) is 0 Å². The lowest BCUT2D eigenvalue weighted by Gasteiger charge is -2.08. The third-order valence-electron chi connectivity index (χ3n) is 3.02. The van der Waals surface area contributed by atoms with Crippen LogP contribution in [-0.2, 0) is 11.2 Å². The van der Waals surface area contributed by atoms with Crippen molar-refractivity contribution in [3.05, 3.63) is 57.8 Å². The van der Waals surface area contributed by atoms with Crippen LogP contribution in [0.4, 0.5) is 10.1 Å². The van der Waals surface area contributed by atoms with E-state index in [0.29, 0.717) is 5.56 Å². The van der Waals surface area contributed by atoms with Crippen molar-refractivity contribution in [3.63, 3.8) is 0 Å². The van der Waals surface area contributed by atoms with E-state index in [0.717, 1.165) is 15.7 Å². The maximum Gasteiger partial charge on any atom is 0.228 e. The molecular weight excluding hydrogens is 337 g/mol. The number of hydrogen-bond donors (Lipinski definition) is 1. The van der Waals surface area contributed by atoms with Gasteiger partial charge in [0.05, 0.1) is 13.5 Å². The van der Waals surface area contributed by atoms with Gasteiger partial charge in [-0.2, -0.15) is 0 Å². The second-order valence-electron chi connectivity index (χ2n) is 4.66. The molecule has 0 saturated heterocycles. The summed E-state index contributed by atoms with van der Waals surface area (Å²) < 4.78 is 19.4. The number of methoxy groups -OCH3 is 1. The van der Waals surface area contributed by atoms with Crippen molar-refractivity contribution < 1.29 is 13.9 Å². The van der Waals surface area contributed by atoms with E-state index in [1.165, 1.54) is 19.2 Å². The normalized spacial score (nSPS) is 10.3. The smallest absolute Gasteiger partial charge is 0.228 e. The Hall–Kier alpha value is -1.88. The van der Waals surface area contributed by atoms with Gasteiger partial charge in [0, 0.05) is 10.2 Å². The van der Waals surface area contributed by atoms with Gasteiger partial charge in [0.2, 0.25) is 5.91 Å². The quantitative estimate of drug-likeness (QED) is 0.900. The molecule has 2 aromatic rings. The van der Waals surface area contributed by atoms with Gasteiger partial charge in [-0.05, 0) is 48.4 Å². The molecule has 1 N–H and O–H groups in total. The molecule has 0 bridgehead atoms. The van der Waals surface area contributed by atoms with E-state index < -0.39 is 5.82 Å². The first-order valence-corrected chi connectivity index (χ1v) is 7.17. The Labute approximate surface area is 131 Å². The van der Waals surface area contributed by atoms with E-state index >= 15 is 0 Å². The molecule has 21 heavy (non-hydrogen) atoms. The molecule has 110 valence electrons. The van der Waals surface area contributed by atoms with Crippen molar-refractivity contribution in [1.29, 1.82) is 0 Å². The Morgan fingerprint density at radius 2 is 2.05 bits per heavy atom. The molecule has 2 aromatic carbocycles. The monoisotopic (exact) mass is 351 g/mol. The number of rotatable bonds is 4. The van der Waals surface area contributed by atoms with Gasteiger partial charge < -0.3 is 10.1 Å². The van der Waals surface area contributed by atoms with Crippen molar-refractivity contribution in [2.45, 2.75) is 13.3 Å². The van der Waals surface area contributed by atoms with Gasteiger partial charge in [-0.15, -0.1) is 0 Å². The van der Waals surface area contributed by atoms with Gasteiger partial charge in [0.15, 0.2) is 11.6 Å². The summed E-state index contributed by atoms with van der Waals surface area (Å²) in [7, 11) is 1.40. The maximum absolute atomic E-state index is 13.6. The molecule has 0 aromatic heterocycles. The van der Waals surface area contributed by atoms with E-state index in [-0.39, 0.29) is 18.1 Å². The molecule has 0 aliphatic heterocycles. The maximum atomic E-state index is 13.6. The minimum Gasteiger partial charge on any atom is -0.494 e. The fourth-order valence-corrected chi connectivity index (χ4v) is 2.18. The summed E-state index contributed by atoms with van der Waals surface area (Å²) in [5.41, 5.74) is 2.35. The Bertz CT molecular complexity index is 673. The fraction of sp³-hybridized carbons (Fsp3) is 0.188. The van der Waals surface area contributed by atoms with Crippen LogP contribution in [0.2, 0.25) is 0 Å². The van der Waals surface area contributed by atoms with E-state index in [2.05, 4.69) is 21.2 Å². The molecule has 0 spiro atoms. The van der Waals surface area contributed by atoms with Crippen molar-refractivity contribution in [2.24, 2.45) is 0 Å². The Kier molecular flexibility index (Phi) is 4.96. The third kappa shape index (κ3) is 4.04. The van der Waals surface area contributed by atoms with Crippen LogP contribution in [0.15, 0.2) is 40.9 Å². The summed E-state index contributed by atoms with van der Waals surface area (Å²) in [4.78, 5) is 12.0. The molecular formula is C16H15BrFNO2. The molecule has 0 aliphatic carbocycles. The van der Waals surface area contributed by atoms with Gasteiger partial charge >= 0.3 is 0 Å². The molecule has 0 radical (unpaired) electrons. The topological polar surface area (TPSA) is 38.3 Å². The second-order valence-corrected chi connectivity index (χ2v) is 5.51. The molecule has 0 heterocycles. The number of halogens is 2. The SMILES string of the molecule is COc1ccc(CC(=O)Nc2ccc(Br)c(C)c2)cc1F. The predicted molar refractivity (Wildman–Crippen MR) is 84.2 cm³/mol. The van der Waals surface area contributed by atoms with E-state index in [1.807, 2.05) is 25.1 Å². The molecule has 3 nitrogen and oxygen atoms in total. The lowest BCUT2D eigenvalue weighted by atomic mass is 10.1. The van der Waals surface area contributed by atoms with Gasteiger partial charge in [-0.1, -0.05) is 22.0 Å². The van der Waals surface area contributed by atoms with Gasteiger partial charge in [0.1, 0.15) is 0 Å². The summed E-state index contributed by atoms with van der Waals surface area (Å²) in [6.07, 6.45) is 0.107. The molecule has 0 fully saturated rings. The average molecular weight is 352 g/mol. The highest BCUT2D eigenvalue weighted by Gasteiger charge is 2.08. The molecule has 0 saturated carbocycles. The predicted octanol–water partition coefficient (Wildman–Crippen LogP) is 4.09. The lowest BCUT2D eigenvalue weighted by Crippen LogP contribution is -2.14. The number of ether oxygens (including phenoxy) is 1. The summed E-state index contributed by atoms with van der Waals surface area (Å²) in [5, 5.41) is 2.79. The van der Waals surface area contributed by atoms with Crippen molar-refractivity contribution in [1.82, 2.24) is 0 Å². The Balaban J connectivity index is 2.04. The van der Waals surface area contributed by atoms with Crippen molar-refractivity contribution >= 4 is 27.5 Å². The number of amides is 1. The van der Waals surface area contributed by atoms with Crippen LogP contribution in [0.1, 0.15) is 11.1 Å². The van der Waals surface area contributed by atoms with Crippen LogP contribution < -0.4 is 10.1 Å². The number of hydrogen-bond acceptors (Lipinski definition) is 2. The Morgan fingerprint density at radius 3 is 2.67 bits per heavy atom. The highest BCUT2D eigenvalue weighted by molar-refractivity contribution is 9.10. The molecule has 1 amide bonds. The first kappa shape index (κ1) is 15.5. The molecule has 5 heteroatoms.